The maximum absolute atomic E-state index is 12.7. The molecule has 1 fully saturated rings. The van der Waals surface area contributed by atoms with Crippen molar-refractivity contribution in [2.45, 2.75) is 20.3 Å². The van der Waals surface area contributed by atoms with Crippen molar-refractivity contribution in [2.24, 2.45) is 11.8 Å². The molecule has 142 valence electrons. The van der Waals surface area contributed by atoms with E-state index in [2.05, 4.69) is 33.1 Å². The minimum Gasteiger partial charge on any atom is -0.326 e. The number of carbonyl (C=O) groups is 2. The first-order valence-corrected chi connectivity index (χ1v) is 9.07. The van der Waals surface area contributed by atoms with Gasteiger partial charge in [0.1, 0.15) is 6.33 Å². The maximum atomic E-state index is 12.7. The van der Waals surface area contributed by atoms with E-state index in [0.717, 1.165) is 17.7 Å². The lowest BCUT2D eigenvalue weighted by Crippen LogP contribution is -2.16. The highest BCUT2D eigenvalue weighted by atomic mass is 16.2. The van der Waals surface area contributed by atoms with Crippen LogP contribution < -0.4 is 10.6 Å². The molecular weight excluding hydrogens is 356 g/mol. The second-order valence-electron chi connectivity index (χ2n) is 7.10. The summed E-state index contributed by atoms with van der Waals surface area (Å²) in [5, 5.41) is 16.9. The van der Waals surface area contributed by atoms with Gasteiger partial charge in [-0.05, 0) is 65.6 Å². The van der Waals surface area contributed by atoms with Crippen LogP contribution in [0.15, 0.2) is 48.8 Å². The van der Waals surface area contributed by atoms with Crippen LogP contribution in [-0.4, -0.2) is 32.0 Å². The van der Waals surface area contributed by atoms with Crippen LogP contribution in [-0.2, 0) is 4.79 Å². The summed E-state index contributed by atoms with van der Waals surface area (Å²) in [7, 11) is 0. The molecule has 28 heavy (non-hydrogen) atoms. The second kappa shape index (κ2) is 7.22. The van der Waals surface area contributed by atoms with Gasteiger partial charge < -0.3 is 10.6 Å². The highest BCUT2D eigenvalue weighted by molar-refractivity contribution is 6.05. The van der Waals surface area contributed by atoms with Gasteiger partial charge in [-0.25, -0.2) is 4.68 Å². The van der Waals surface area contributed by atoms with Gasteiger partial charge in [-0.3, -0.25) is 9.59 Å². The highest BCUT2D eigenvalue weighted by Gasteiger charge is 2.39. The molecule has 2 amide bonds. The Morgan fingerprint density at radius 3 is 2.61 bits per heavy atom. The first kappa shape index (κ1) is 17.8. The van der Waals surface area contributed by atoms with Crippen molar-refractivity contribution < 1.29 is 9.59 Å². The Morgan fingerprint density at radius 2 is 1.89 bits per heavy atom. The summed E-state index contributed by atoms with van der Waals surface area (Å²) < 4.78 is 1.54. The number of anilines is 2. The number of benzene rings is 2. The molecule has 0 bridgehead atoms. The van der Waals surface area contributed by atoms with Gasteiger partial charge in [-0.2, -0.15) is 0 Å². The van der Waals surface area contributed by atoms with Crippen molar-refractivity contribution >= 4 is 23.2 Å². The normalized spacial score (nSPS) is 17.8. The molecule has 0 aliphatic heterocycles. The molecule has 8 nitrogen and oxygen atoms in total. The second-order valence-corrected chi connectivity index (χ2v) is 7.10. The predicted octanol–water partition coefficient (Wildman–Crippen LogP) is 2.82. The Balaban J connectivity index is 1.49. The molecule has 3 aromatic rings. The van der Waals surface area contributed by atoms with Crippen LogP contribution in [0.2, 0.25) is 0 Å². The van der Waals surface area contributed by atoms with Crippen molar-refractivity contribution in [3.05, 3.63) is 59.9 Å². The number of aromatic nitrogens is 4. The number of aryl methyl sites for hydroxylation is 1. The Morgan fingerprint density at radius 1 is 1.11 bits per heavy atom. The smallest absolute Gasteiger partial charge is 0.255 e. The summed E-state index contributed by atoms with van der Waals surface area (Å²) in [4.78, 5) is 24.8. The molecule has 1 aromatic heterocycles. The van der Waals surface area contributed by atoms with E-state index < -0.39 is 0 Å². The quantitative estimate of drug-likeness (QED) is 0.713. The Bertz CT molecular complexity index is 1030. The lowest BCUT2D eigenvalue weighted by atomic mass is 10.1. The van der Waals surface area contributed by atoms with E-state index in [1.54, 1.807) is 28.9 Å². The minimum absolute atomic E-state index is 0.00896. The fourth-order valence-corrected chi connectivity index (χ4v) is 3.07. The first-order chi connectivity index (χ1) is 13.5. The molecule has 1 heterocycles. The van der Waals surface area contributed by atoms with Gasteiger partial charge in [0.05, 0.1) is 5.69 Å². The highest BCUT2D eigenvalue weighted by Crippen LogP contribution is 2.38. The topological polar surface area (TPSA) is 102 Å². The van der Waals surface area contributed by atoms with Crippen LogP contribution in [0.3, 0.4) is 0 Å². The van der Waals surface area contributed by atoms with Crippen molar-refractivity contribution in [1.82, 2.24) is 20.2 Å². The largest absolute Gasteiger partial charge is 0.326 e. The number of tetrazole rings is 1. The van der Waals surface area contributed by atoms with E-state index in [9.17, 15) is 9.59 Å². The van der Waals surface area contributed by atoms with Crippen molar-refractivity contribution in [3.63, 3.8) is 0 Å². The molecule has 2 aromatic carbocycles. The van der Waals surface area contributed by atoms with Crippen molar-refractivity contribution in [3.8, 4) is 5.69 Å². The SMILES string of the molecule is Cc1ccc(NC(=O)c2cccc(NC(=O)[C@@H]3C[C@@H]3C)c2)cc1-n1cnnn1. The van der Waals surface area contributed by atoms with E-state index in [-0.39, 0.29) is 17.7 Å². The fraction of sp³-hybridized carbons (Fsp3) is 0.250. The summed E-state index contributed by atoms with van der Waals surface area (Å²) in [5.74, 6) is 0.259. The molecule has 2 atom stereocenters. The zero-order chi connectivity index (χ0) is 19.7. The number of hydrogen-bond donors (Lipinski definition) is 2. The molecule has 0 radical (unpaired) electrons. The maximum Gasteiger partial charge on any atom is 0.255 e. The molecule has 0 unspecified atom stereocenters. The van der Waals surface area contributed by atoms with E-state index >= 15 is 0 Å². The number of rotatable bonds is 5. The first-order valence-electron chi connectivity index (χ1n) is 9.07. The molecule has 1 aliphatic carbocycles. The zero-order valence-corrected chi connectivity index (χ0v) is 15.6. The van der Waals surface area contributed by atoms with Gasteiger partial charge in [0.25, 0.3) is 5.91 Å². The monoisotopic (exact) mass is 376 g/mol. The summed E-state index contributed by atoms with van der Waals surface area (Å²) in [6.07, 6.45) is 2.42. The molecule has 0 saturated heterocycles. The standard InChI is InChI=1S/C20H20N6O2/c1-12-6-7-16(10-18(12)26-11-21-24-25-26)22-19(27)14-4-3-5-15(9-14)23-20(28)17-8-13(17)2/h3-7,9-11,13,17H,8H2,1-2H3,(H,22,27)(H,23,28)/t13-,17+/m0/s1. The van der Waals surface area contributed by atoms with Gasteiger partial charge in [-0.1, -0.05) is 19.1 Å². The number of hydrogen-bond acceptors (Lipinski definition) is 5. The number of amides is 2. The fourth-order valence-electron chi connectivity index (χ4n) is 3.07. The predicted molar refractivity (Wildman–Crippen MR) is 104 cm³/mol. The number of nitrogens with one attached hydrogen (secondary N) is 2. The third kappa shape index (κ3) is 3.75. The third-order valence-electron chi connectivity index (χ3n) is 4.90. The lowest BCUT2D eigenvalue weighted by molar-refractivity contribution is -0.117. The summed E-state index contributed by atoms with van der Waals surface area (Å²) in [6, 6.07) is 12.4. The van der Waals surface area contributed by atoms with E-state index in [4.69, 9.17) is 0 Å². The molecule has 1 saturated carbocycles. The van der Waals surface area contributed by atoms with Crippen LogP contribution >= 0.6 is 0 Å². The Hall–Kier alpha value is -3.55. The number of carbonyl (C=O) groups excluding carboxylic acids is 2. The van der Waals surface area contributed by atoms with E-state index in [1.165, 1.54) is 6.33 Å². The van der Waals surface area contributed by atoms with Gasteiger partial charge in [0.2, 0.25) is 5.91 Å². The molecule has 2 N–H and O–H groups in total. The molecule has 1 aliphatic rings. The van der Waals surface area contributed by atoms with Crippen LogP contribution in [0.4, 0.5) is 11.4 Å². The average molecular weight is 376 g/mol. The van der Waals surface area contributed by atoms with Gasteiger partial charge in [-0.15, -0.1) is 5.10 Å². The van der Waals surface area contributed by atoms with Gasteiger partial charge in [0.15, 0.2) is 0 Å². The molecular formula is C20H20N6O2. The molecule has 0 spiro atoms. The Kier molecular flexibility index (Phi) is 4.60. The molecule has 8 heteroatoms. The zero-order valence-electron chi connectivity index (χ0n) is 15.6. The van der Waals surface area contributed by atoms with Crippen LogP contribution in [0, 0.1) is 18.8 Å². The summed E-state index contributed by atoms with van der Waals surface area (Å²) >= 11 is 0. The Labute approximate surface area is 162 Å². The summed E-state index contributed by atoms with van der Waals surface area (Å²) in [6.45, 7) is 3.99. The van der Waals surface area contributed by atoms with Crippen molar-refractivity contribution in [1.29, 1.82) is 0 Å². The van der Waals surface area contributed by atoms with Gasteiger partial charge in [0, 0.05) is 22.9 Å². The van der Waals surface area contributed by atoms with Crippen LogP contribution in [0.1, 0.15) is 29.3 Å². The lowest BCUT2D eigenvalue weighted by Gasteiger charge is -2.11. The van der Waals surface area contributed by atoms with Crippen LogP contribution in [0.5, 0.6) is 0 Å². The third-order valence-corrected chi connectivity index (χ3v) is 4.90. The van der Waals surface area contributed by atoms with E-state index in [1.807, 2.05) is 25.1 Å². The summed E-state index contributed by atoms with van der Waals surface area (Å²) in [5.41, 5.74) is 3.47. The molecule has 4 rings (SSSR count). The van der Waals surface area contributed by atoms with Crippen LogP contribution in [0.25, 0.3) is 5.69 Å². The minimum atomic E-state index is -0.262. The average Bonchev–Trinajstić information content (AvgIpc) is 3.18. The van der Waals surface area contributed by atoms with Crippen molar-refractivity contribution in [2.75, 3.05) is 10.6 Å². The number of nitrogens with zero attached hydrogens (tertiary/aromatic N) is 4. The van der Waals surface area contributed by atoms with Gasteiger partial charge >= 0.3 is 0 Å². The van der Waals surface area contributed by atoms with E-state index in [0.29, 0.717) is 22.9 Å².